The highest BCUT2D eigenvalue weighted by atomic mass is 31.2. The van der Waals surface area contributed by atoms with E-state index in [4.69, 9.17) is 18.5 Å². The second-order valence-corrected chi connectivity index (χ2v) is 20.3. The lowest BCUT2D eigenvalue weighted by molar-refractivity contribution is -0.870. The van der Waals surface area contributed by atoms with Crippen LogP contribution in [-0.4, -0.2) is 74.9 Å². The van der Waals surface area contributed by atoms with E-state index < -0.39 is 26.5 Å². The molecule has 1 N–H and O–H groups in total. The number of phosphoric acid groups is 1. The van der Waals surface area contributed by atoms with Crippen LogP contribution in [0, 0.1) is 0 Å². The molecule has 0 aromatic heterocycles. The number of likely N-dealkylation sites (N-methyl/N-ethyl adjacent to an activating group) is 1. The third-order valence-electron chi connectivity index (χ3n) is 11.4. The van der Waals surface area contributed by atoms with E-state index in [0.29, 0.717) is 17.4 Å². The van der Waals surface area contributed by atoms with Gasteiger partial charge in [-0.2, -0.15) is 0 Å². The molecule has 0 aliphatic rings. The van der Waals surface area contributed by atoms with Gasteiger partial charge in [-0.05, 0) is 51.4 Å². The standard InChI is InChI=1S/C54H100NO8P/c1-6-8-10-12-14-15-16-17-18-19-20-21-22-23-24-25-26-27-28-29-30-31-32-33-34-35-36-37-38-39-41-43-45-47-54(57)63-52(51-62-64(58,59)61-49-48-55(3,4)5)50-60-53(56)46-44-42-40-13-11-9-7-2/h8,10,14-15,17-18,20-21,52H,6-7,9,11-13,16,19,22-51H2,1-5H3/p+1/b10-8-,15-14-,18-17-,21-20-. The number of carbonyl (C=O) groups is 2. The number of quaternary nitrogens is 1. The van der Waals surface area contributed by atoms with Crippen molar-refractivity contribution in [3.05, 3.63) is 48.6 Å². The number of nitrogens with zero attached hydrogens (tertiary/aromatic N) is 1. The van der Waals surface area contributed by atoms with E-state index in [0.717, 1.165) is 57.8 Å². The number of phosphoric ester groups is 1. The summed E-state index contributed by atoms with van der Waals surface area (Å²) in [6.07, 6.45) is 56.5. The van der Waals surface area contributed by atoms with Crippen molar-refractivity contribution in [3.8, 4) is 0 Å². The molecule has 0 saturated heterocycles. The Labute approximate surface area is 394 Å². The SMILES string of the molecule is CC/C=C\C/C=C\C/C=C\C/C=C\CCCCCCCCCCCCCCCCCCCCCCC(=O)OC(COC(=O)CCCCCCCCC)COP(=O)(O)OCC[N+](C)(C)C. The molecule has 0 saturated carbocycles. The Bertz CT molecular complexity index is 1230. The summed E-state index contributed by atoms with van der Waals surface area (Å²) in [5.41, 5.74) is 0. The first kappa shape index (κ1) is 62.0. The molecule has 2 unspecified atom stereocenters. The van der Waals surface area contributed by atoms with Crippen LogP contribution in [0.5, 0.6) is 0 Å². The van der Waals surface area contributed by atoms with Gasteiger partial charge in [0.1, 0.15) is 19.8 Å². The average Bonchev–Trinajstić information content (AvgIpc) is 3.25. The van der Waals surface area contributed by atoms with Crippen LogP contribution >= 0.6 is 7.82 Å². The van der Waals surface area contributed by atoms with Gasteiger partial charge in [0.25, 0.3) is 0 Å². The van der Waals surface area contributed by atoms with Gasteiger partial charge < -0.3 is 18.9 Å². The summed E-state index contributed by atoms with van der Waals surface area (Å²) in [4.78, 5) is 35.3. The number of unbranched alkanes of at least 4 members (excludes halogenated alkanes) is 26. The molecule has 0 fully saturated rings. The van der Waals surface area contributed by atoms with Gasteiger partial charge in [-0.25, -0.2) is 4.57 Å². The Morgan fingerprint density at radius 1 is 0.500 bits per heavy atom. The fourth-order valence-corrected chi connectivity index (χ4v) is 8.04. The monoisotopic (exact) mass is 923 g/mol. The van der Waals surface area contributed by atoms with Gasteiger partial charge in [0.15, 0.2) is 6.10 Å². The van der Waals surface area contributed by atoms with E-state index in [1.807, 2.05) is 21.1 Å². The van der Waals surface area contributed by atoms with Crippen molar-refractivity contribution in [1.29, 1.82) is 0 Å². The number of ether oxygens (including phenoxy) is 2. The quantitative estimate of drug-likeness (QED) is 0.0211. The van der Waals surface area contributed by atoms with Crippen molar-refractivity contribution in [2.75, 3.05) is 47.5 Å². The molecule has 0 heterocycles. The van der Waals surface area contributed by atoms with E-state index in [2.05, 4.69) is 62.5 Å². The molecular weight excluding hydrogens is 822 g/mol. The summed E-state index contributed by atoms with van der Waals surface area (Å²) in [6.45, 7) is 4.28. The van der Waals surface area contributed by atoms with Crippen molar-refractivity contribution in [2.24, 2.45) is 0 Å². The van der Waals surface area contributed by atoms with Gasteiger partial charge in [-0.15, -0.1) is 0 Å². The van der Waals surface area contributed by atoms with Gasteiger partial charge in [-0.3, -0.25) is 18.6 Å². The maximum atomic E-state index is 12.7. The van der Waals surface area contributed by atoms with Crippen molar-refractivity contribution in [2.45, 2.75) is 238 Å². The second-order valence-electron chi connectivity index (χ2n) is 18.9. The highest BCUT2D eigenvalue weighted by Gasteiger charge is 2.27. The first-order chi connectivity index (χ1) is 31.0. The highest BCUT2D eigenvalue weighted by Crippen LogP contribution is 2.43. The van der Waals surface area contributed by atoms with Crippen LogP contribution in [0.1, 0.15) is 232 Å². The summed E-state index contributed by atoms with van der Waals surface area (Å²) in [7, 11) is 1.48. The van der Waals surface area contributed by atoms with Crippen LogP contribution < -0.4 is 0 Å². The molecule has 0 aliphatic carbocycles. The van der Waals surface area contributed by atoms with Crippen LogP contribution in [0.25, 0.3) is 0 Å². The van der Waals surface area contributed by atoms with Gasteiger partial charge in [0.05, 0.1) is 27.7 Å². The van der Waals surface area contributed by atoms with Gasteiger partial charge in [-0.1, -0.05) is 217 Å². The number of esters is 2. The zero-order chi connectivity index (χ0) is 47.1. The largest absolute Gasteiger partial charge is 0.472 e. The Morgan fingerprint density at radius 3 is 1.33 bits per heavy atom. The molecule has 9 nitrogen and oxygen atoms in total. The normalized spacial score (nSPS) is 13.8. The summed E-state index contributed by atoms with van der Waals surface area (Å²) >= 11 is 0. The topological polar surface area (TPSA) is 108 Å². The Balaban J connectivity index is 3.90. The van der Waals surface area contributed by atoms with E-state index >= 15 is 0 Å². The number of hydrogen-bond acceptors (Lipinski definition) is 7. The summed E-state index contributed by atoms with van der Waals surface area (Å²) in [6, 6.07) is 0. The maximum Gasteiger partial charge on any atom is 0.472 e. The molecule has 0 radical (unpaired) electrons. The molecule has 0 spiro atoms. The summed E-state index contributed by atoms with van der Waals surface area (Å²) in [5.74, 6) is -0.797. The van der Waals surface area contributed by atoms with E-state index in [-0.39, 0.29) is 32.0 Å². The maximum absolute atomic E-state index is 12.7. The Kier molecular flexibility index (Phi) is 44.6. The zero-order valence-electron chi connectivity index (χ0n) is 42.3. The third-order valence-corrected chi connectivity index (χ3v) is 12.4. The molecule has 0 aromatic rings. The van der Waals surface area contributed by atoms with Crippen LogP contribution in [0.2, 0.25) is 0 Å². The smallest absolute Gasteiger partial charge is 0.462 e. The molecule has 0 amide bonds. The molecule has 374 valence electrons. The van der Waals surface area contributed by atoms with Crippen molar-refractivity contribution < 1.29 is 42.1 Å². The minimum atomic E-state index is -4.37. The number of hydrogen-bond donors (Lipinski definition) is 1. The number of carbonyl (C=O) groups excluding carboxylic acids is 2. The van der Waals surface area contributed by atoms with Crippen LogP contribution in [0.3, 0.4) is 0 Å². The molecule has 64 heavy (non-hydrogen) atoms. The number of rotatable bonds is 48. The lowest BCUT2D eigenvalue weighted by atomic mass is 10.0. The lowest BCUT2D eigenvalue weighted by Gasteiger charge is -2.24. The molecule has 0 rings (SSSR count). The Morgan fingerprint density at radius 2 is 0.891 bits per heavy atom. The average molecular weight is 923 g/mol. The molecular formula is C54H101NO8P+. The predicted molar refractivity (Wildman–Crippen MR) is 270 cm³/mol. The van der Waals surface area contributed by atoms with Crippen molar-refractivity contribution in [1.82, 2.24) is 0 Å². The van der Waals surface area contributed by atoms with Gasteiger partial charge >= 0.3 is 19.8 Å². The fourth-order valence-electron chi connectivity index (χ4n) is 7.30. The minimum Gasteiger partial charge on any atom is -0.462 e. The zero-order valence-corrected chi connectivity index (χ0v) is 43.2. The molecule has 0 aliphatic heterocycles. The first-order valence-corrected chi connectivity index (χ1v) is 27.9. The summed E-state index contributed by atoms with van der Waals surface area (Å²) in [5, 5.41) is 0. The minimum absolute atomic E-state index is 0.0334. The van der Waals surface area contributed by atoms with Gasteiger partial charge in [0, 0.05) is 12.8 Å². The van der Waals surface area contributed by atoms with Crippen LogP contribution in [0.4, 0.5) is 0 Å². The lowest BCUT2D eigenvalue weighted by Crippen LogP contribution is -2.37. The summed E-state index contributed by atoms with van der Waals surface area (Å²) < 4.78 is 34.3. The predicted octanol–water partition coefficient (Wildman–Crippen LogP) is 15.8. The van der Waals surface area contributed by atoms with E-state index in [1.165, 1.54) is 141 Å². The van der Waals surface area contributed by atoms with Crippen LogP contribution in [0.15, 0.2) is 48.6 Å². The Hall–Kier alpha value is -2.03. The highest BCUT2D eigenvalue weighted by molar-refractivity contribution is 7.47. The number of allylic oxidation sites excluding steroid dienone is 8. The van der Waals surface area contributed by atoms with E-state index in [9.17, 15) is 19.0 Å². The fraction of sp³-hybridized carbons (Fsp3) is 0.815. The molecule has 2 atom stereocenters. The molecule has 0 aromatic carbocycles. The van der Waals surface area contributed by atoms with Crippen LogP contribution in [-0.2, 0) is 32.7 Å². The van der Waals surface area contributed by atoms with Gasteiger partial charge in [0.2, 0.25) is 0 Å². The van der Waals surface area contributed by atoms with E-state index in [1.54, 1.807) is 0 Å². The first-order valence-electron chi connectivity index (χ1n) is 26.4. The molecule has 10 heteroatoms. The van der Waals surface area contributed by atoms with Crippen molar-refractivity contribution in [3.63, 3.8) is 0 Å². The third kappa shape index (κ3) is 49.4. The van der Waals surface area contributed by atoms with Crippen molar-refractivity contribution >= 4 is 19.8 Å². The second kappa shape index (κ2) is 46.1. The molecule has 0 bridgehead atoms.